The number of piperidine rings is 1. The van der Waals surface area contributed by atoms with Crippen LogP contribution >= 0.6 is 0 Å². The lowest BCUT2D eigenvalue weighted by molar-refractivity contribution is 0.122. The Morgan fingerprint density at radius 2 is 2.00 bits per heavy atom. The second kappa shape index (κ2) is 6.21. The van der Waals surface area contributed by atoms with Crippen molar-refractivity contribution in [1.29, 1.82) is 0 Å². The second-order valence-corrected chi connectivity index (χ2v) is 5.17. The first-order chi connectivity index (χ1) is 9.42. The van der Waals surface area contributed by atoms with Crippen molar-refractivity contribution in [2.24, 2.45) is 0 Å². The van der Waals surface area contributed by atoms with Crippen LogP contribution in [-0.2, 0) is 4.74 Å². The molecule has 1 aromatic heterocycles. The maximum atomic E-state index is 5.36. The molecule has 19 heavy (non-hydrogen) atoms. The van der Waals surface area contributed by atoms with Crippen LogP contribution in [0.25, 0.3) is 0 Å². The van der Waals surface area contributed by atoms with Crippen molar-refractivity contribution < 1.29 is 4.74 Å². The van der Waals surface area contributed by atoms with E-state index < -0.39 is 0 Å². The molecule has 5 heteroatoms. The van der Waals surface area contributed by atoms with Gasteiger partial charge < -0.3 is 20.3 Å². The number of nitrogens with one attached hydrogen (secondary N) is 2. The lowest BCUT2D eigenvalue weighted by atomic mass is 10.1. The minimum atomic E-state index is 0.581. The Balaban J connectivity index is 1.58. The van der Waals surface area contributed by atoms with Crippen LogP contribution in [0.5, 0.6) is 0 Å². The zero-order chi connectivity index (χ0) is 12.9. The molecule has 2 aliphatic rings. The van der Waals surface area contributed by atoms with Crippen molar-refractivity contribution in [1.82, 2.24) is 10.3 Å². The topological polar surface area (TPSA) is 49.4 Å². The van der Waals surface area contributed by atoms with E-state index in [2.05, 4.69) is 32.7 Å². The van der Waals surface area contributed by atoms with E-state index in [1.54, 1.807) is 0 Å². The fourth-order valence-corrected chi connectivity index (χ4v) is 2.65. The summed E-state index contributed by atoms with van der Waals surface area (Å²) in [6.45, 7) is 5.70. The molecule has 0 amide bonds. The molecule has 0 spiro atoms. The maximum absolute atomic E-state index is 5.36. The molecule has 0 unspecified atom stereocenters. The number of anilines is 2. The van der Waals surface area contributed by atoms with Crippen molar-refractivity contribution in [2.75, 3.05) is 49.6 Å². The molecule has 0 saturated carbocycles. The third kappa shape index (κ3) is 3.36. The molecule has 2 fully saturated rings. The molecule has 2 aliphatic heterocycles. The Kier molecular flexibility index (Phi) is 4.15. The first kappa shape index (κ1) is 12.7. The van der Waals surface area contributed by atoms with Crippen molar-refractivity contribution in [3.63, 3.8) is 0 Å². The van der Waals surface area contributed by atoms with Crippen LogP contribution in [-0.4, -0.2) is 50.4 Å². The summed E-state index contributed by atoms with van der Waals surface area (Å²) >= 11 is 0. The average molecular weight is 262 g/mol. The number of morpholine rings is 1. The molecular weight excluding hydrogens is 240 g/mol. The van der Waals surface area contributed by atoms with Gasteiger partial charge in [0.2, 0.25) is 0 Å². The summed E-state index contributed by atoms with van der Waals surface area (Å²) in [5.74, 6) is 1.05. The smallest absolute Gasteiger partial charge is 0.128 e. The van der Waals surface area contributed by atoms with Crippen LogP contribution in [0, 0.1) is 0 Å². The molecule has 0 radical (unpaired) electrons. The van der Waals surface area contributed by atoms with E-state index in [1.807, 2.05) is 6.20 Å². The molecule has 0 aliphatic carbocycles. The van der Waals surface area contributed by atoms with Gasteiger partial charge in [0, 0.05) is 19.1 Å². The van der Waals surface area contributed by atoms with Gasteiger partial charge >= 0.3 is 0 Å². The van der Waals surface area contributed by atoms with Gasteiger partial charge in [0.1, 0.15) is 5.82 Å². The van der Waals surface area contributed by atoms with E-state index >= 15 is 0 Å². The van der Waals surface area contributed by atoms with Crippen LogP contribution in [0.15, 0.2) is 18.3 Å². The van der Waals surface area contributed by atoms with E-state index in [0.717, 1.165) is 50.9 Å². The highest BCUT2D eigenvalue weighted by Gasteiger charge is 2.14. The number of pyridine rings is 1. The fraction of sp³-hybridized carbons (Fsp3) is 0.643. The van der Waals surface area contributed by atoms with Gasteiger partial charge in [0.05, 0.1) is 25.1 Å². The molecule has 0 aromatic carbocycles. The summed E-state index contributed by atoms with van der Waals surface area (Å²) in [5, 5.41) is 6.94. The Morgan fingerprint density at radius 1 is 1.21 bits per heavy atom. The van der Waals surface area contributed by atoms with Gasteiger partial charge in [0.15, 0.2) is 0 Å². The predicted molar refractivity (Wildman–Crippen MR) is 76.8 cm³/mol. The summed E-state index contributed by atoms with van der Waals surface area (Å²) in [7, 11) is 0. The normalized spacial score (nSPS) is 21.4. The standard InChI is InChI=1S/C14H22N4O/c1-2-14(18-7-9-19-10-8-18)16-11-13(1)17-12-3-5-15-6-4-12/h1-2,11-12,15,17H,3-10H2. The number of hydrogen-bond acceptors (Lipinski definition) is 5. The van der Waals surface area contributed by atoms with Crippen LogP contribution in [0.1, 0.15) is 12.8 Å². The van der Waals surface area contributed by atoms with Gasteiger partial charge in [-0.2, -0.15) is 0 Å². The Morgan fingerprint density at radius 3 is 2.68 bits per heavy atom. The molecule has 3 rings (SSSR count). The highest BCUT2D eigenvalue weighted by molar-refractivity contribution is 5.49. The Labute approximate surface area is 114 Å². The summed E-state index contributed by atoms with van der Waals surface area (Å²) in [5.41, 5.74) is 1.13. The van der Waals surface area contributed by atoms with E-state index in [1.165, 1.54) is 12.8 Å². The lowest BCUT2D eigenvalue weighted by Gasteiger charge is -2.28. The Hall–Kier alpha value is -1.33. The zero-order valence-electron chi connectivity index (χ0n) is 11.3. The molecular formula is C14H22N4O. The number of aromatic nitrogens is 1. The van der Waals surface area contributed by atoms with E-state index in [4.69, 9.17) is 4.74 Å². The van der Waals surface area contributed by atoms with Crippen LogP contribution in [0.2, 0.25) is 0 Å². The van der Waals surface area contributed by atoms with Gasteiger partial charge in [-0.3, -0.25) is 0 Å². The molecule has 3 heterocycles. The predicted octanol–water partition coefficient (Wildman–Crippen LogP) is 1.08. The minimum absolute atomic E-state index is 0.581. The summed E-state index contributed by atoms with van der Waals surface area (Å²) < 4.78 is 5.36. The monoisotopic (exact) mass is 262 g/mol. The van der Waals surface area contributed by atoms with Gasteiger partial charge in [-0.1, -0.05) is 0 Å². The van der Waals surface area contributed by atoms with Gasteiger partial charge in [-0.05, 0) is 38.1 Å². The van der Waals surface area contributed by atoms with E-state index in [9.17, 15) is 0 Å². The first-order valence-electron chi connectivity index (χ1n) is 7.18. The maximum Gasteiger partial charge on any atom is 0.128 e. The SMILES string of the molecule is c1cc(N2CCOCC2)ncc1NC1CCNCC1. The van der Waals surface area contributed by atoms with Gasteiger partial charge in [0.25, 0.3) is 0 Å². The molecule has 104 valence electrons. The highest BCUT2D eigenvalue weighted by Crippen LogP contribution is 2.17. The minimum Gasteiger partial charge on any atom is -0.381 e. The quantitative estimate of drug-likeness (QED) is 0.854. The Bertz CT molecular complexity index is 383. The zero-order valence-corrected chi connectivity index (χ0v) is 11.3. The van der Waals surface area contributed by atoms with Gasteiger partial charge in [-0.25, -0.2) is 4.98 Å². The van der Waals surface area contributed by atoms with Crippen LogP contribution < -0.4 is 15.5 Å². The molecule has 0 atom stereocenters. The lowest BCUT2D eigenvalue weighted by Crippen LogP contribution is -2.37. The largest absolute Gasteiger partial charge is 0.381 e. The first-order valence-corrected chi connectivity index (χ1v) is 7.18. The number of nitrogens with zero attached hydrogens (tertiary/aromatic N) is 2. The number of ether oxygens (including phenoxy) is 1. The van der Waals surface area contributed by atoms with Crippen molar-refractivity contribution >= 4 is 11.5 Å². The van der Waals surface area contributed by atoms with Gasteiger partial charge in [-0.15, -0.1) is 0 Å². The molecule has 2 N–H and O–H groups in total. The molecule has 2 saturated heterocycles. The molecule has 5 nitrogen and oxygen atoms in total. The third-order valence-electron chi connectivity index (χ3n) is 3.79. The van der Waals surface area contributed by atoms with E-state index in [-0.39, 0.29) is 0 Å². The summed E-state index contributed by atoms with van der Waals surface area (Å²) in [6, 6.07) is 4.83. The number of rotatable bonds is 3. The summed E-state index contributed by atoms with van der Waals surface area (Å²) in [4.78, 5) is 6.84. The molecule has 1 aromatic rings. The third-order valence-corrected chi connectivity index (χ3v) is 3.79. The highest BCUT2D eigenvalue weighted by atomic mass is 16.5. The van der Waals surface area contributed by atoms with Crippen molar-refractivity contribution in [3.8, 4) is 0 Å². The second-order valence-electron chi connectivity index (χ2n) is 5.17. The van der Waals surface area contributed by atoms with Crippen molar-refractivity contribution in [2.45, 2.75) is 18.9 Å². The molecule has 0 bridgehead atoms. The summed E-state index contributed by atoms with van der Waals surface area (Å²) in [6.07, 6.45) is 4.32. The average Bonchev–Trinajstić information content (AvgIpc) is 2.50. The van der Waals surface area contributed by atoms with Crippen LogP contribution in [0.3, 0.4) is 0 Å². The van der Waals surface area contributed by atoms with Crippen molar-refractivity contribution in [3.05, 3.63) is 18.3 Å². The van der Waals surface area contributed by atoms with Crippen LogP contribution in [0.4, 0.5) is 11.5 Å². The van der Waals surface area contributed by atoms with E-state index in [0.29, 0.717) is 6.04 Å². The fourth-order valence-electron chi connectivity index (χ4n) is 2.65. The number of hydrogen-bond donors (Lipinski definition) is 2.